The Kier molecular flexibility index (Phi) is 3.40. The minimum Gasteiger partial charge on any atom is -0.480 e. The quantitative estimate of drug-likeness (QED) is 0.716. The Balaban J connectivity index is 2.32. The van der Waals surface area contributed by atoms with Gasteiger partial charge >= 0.3 is 5.97 Å². The summed E-state index contributed by atoms with van der Waals surface area (Å²) in [6.07, 6.45) is 1.12. The molecule has 0 aromatic carbocycles. The molecule has 1 saturated heterocycles. The van der Waals surface area contributed by atoms with Gasteiger partial charge < -0.3 is 5.11 Å². The summed E-state index contributed by atoms with van der Waals surface area (Å²) in [4.78, 5) is 12.3. The average Bonchev–Trinajstić information content (AvgIpc) is 2.34. The van der Waals surface area contributed by atoms with Gasteiger partial charge in [-0.3, -0.25) is 9.69 Å². The normalized spacial score (nSPS) is 29.6. The molecule has 1 aliphatic heterocycles. The van der Waals surface area contributed by atoms with E-state index in [1.807, 2.05) is 23.7 Å². The summed E-state index contributed by atoms with van der Waals surface area (Å²) in [6, 6.07) is 0.459. The number of hydrogen-bond donors (Lipinski definition) is 1. The molecule has 70 valence electrons. The van der Waals surface area contributed by atoms with Crippen molar-refractivity contribution in [3.8, 4) is 0 Å². The second-order valence-electron chi connectivity index (χ2n) is 3.34. The van der Waals surface area contributed by atoms with Crippen molar-refractivity contribution in [2.45, 2.75) is 24.6 Å². The molecule has 0 aromatic rings. The SMILES string of the molecule is CC1CC(N(C)CC(=O)O)CS1. The standard InChI is InChI=1S/C8H15NO2S/c1-6-3-7(5-12-6)9(2)4-8(10)11/h6-7H,3-5H2,1-2H3,(H,10,11). The molecule has 1 N–H and O–H groups in total. The van der Waals surface area contributed by atoms with Crippen LogP contribution in [0.1, 0.15) is 13.3 Å². The van der Waals surface area contributed by atoms with Gasteiger partial charge in [0.05, 0.1) is 6.54 Å². The van der Waals surface area contributed by atoms with E-state index in [4.69, 9.17) is 5.11 Å². The molecule has 4 heteroatoms. The molecule has 1 fully saturated rings. The largest absolute Gasteiger partial charge is 0.480 e. The number of carbonyl (C=O) groups is 1. The van der Waals surface area contributed by atoms with Crippen molar-refractivity contribution in [1.82, 2.24) is 4.90 Å². The molecule has 0 bridgehead atoms. The molecule has 0 aliphatic carbocycles. The van der Waals surface area contributed by atoms with Crippen molar-refractivity contribution >= 4 is 17.7 Å². The highest BCUT2D eigenvalue weighted by atomic mass is 32.2. The lowest BCUT2D eigenvalue weighted by Crippen LogP contribution is -2.35. The molecule has 0 saturated carbocycles. The minimum atomic E-state index is -0.734. The fourth-order valence-electron chi connectivity index (χ4n) is 1.44. The molecule has 1 rings (SSSR count). The Hall–Kier alpha value is -0.220. The number of thioether (sulfide) groups is 1. The first-order valence-electron chi connectivity index (χ1n) is 4.13. The van der Waals surface area contributed by atoms with Gasteiger partial charge in [-0.05, 0) is 13.5 Å². The highest BCUT2D eigenvalue weighted by Gasteiger charge is 2.25. The summed E-state index contributed by atoms with van der Waals surface area (Å²) in [7, 11) is 1.89. The Morgan fingerprint density at radius 1 is 1.75 bits per heavy atom. The molecule has 12 heavy (non-hydrogen) atoms. The Bertz CT molecular complexity index is 174. The van der Waals surface area contributed by atoms with Crippen LogP contribution in [0.25, 0.3) is 0 Å². The van der Waals surface area contributed by atoms with E-state index in [0.717, 1.165) is 12.2 Å². The van der Waals surface area contributed by atoms with Crippen molar-refractivity contribution in [3.05, 3.63) is 0 Å². The van der Waals surface area contributed by atoms with Gasteiger partial charge in [-0.15, -0.1) is 0 Å². The monoisotopic (exact) mass is 189 g/mol. The number of hydrogen-bond acceptors (Lipinski definition) is 3. The van der Waals surface area contributed by atoms with E-state index in [-0.39, 0.29) is 6.54 Å². The van der Waals surface area contributed by atoms with Crippen LogP contribution >= 0.6 is 11.8 Å². The fraction of sp³-hybridized carbons (Fsp3) is 0.875. The van der Waals surface area contributed by atoms with Gasteiger partial charge in [-0.2, -0.15) is 11.8 Å². The first-order valence-corrected chi connectivity index (χ1v) is 5.18. The topological polar surface area (TPSA) is 40.5 Å². The second-order valence-corrected chi connectivity index (χ2v) is 4.81. The predicted octanol–water partition coefficient (Wildman–Crippen LogP) is 0.897. The molecular weight excluding hydrogens is 174 g/mol. The van der Waals surface area contributed by atoms with Crippen LogP contribution in [0.3, 0.4) is 0 Å². The molecule has 1 aliphatic rings. The zero-order valence-corrected chi connectivity index (χ0v) is 8.30. The van der Waals surface area contributed by atoms with Gasteiger partial charge in [0, 0.05) is 17.0 Å². The van der Waals surface area contributed by atoms with Crippen LogP contribution in [0.2, 0.25) is 0 Å². The second kappa shape index (κ2) is 4.14. The fourth-order valence-corrected chi connectivity index (χ4v) is 2.74. The first kappa shape index (κ1) is 9.86. The van der Waals surface area contributed by atoms with Crippen LogP contribution in [0.4, 0.5) is 0 Å². The smallest absolute Gasteiger partial charge is 0.317 e. The van der Waals surface area contributed by atoms with E-state index < -0.39 is 5.97 Å². The summed E-state index contributed by atoms with van der Waals surface area (Å²) in [6.45, 7) is 2.36. The van der Waals surface area contributed by atoms with Crippen LogP contribution in [-0.2, 0) is 4.79 Å². The average molecular weight is 189 g/mol. The third kappa shape index (κ3) is 2.68. The molecule has 0 radical (unpaired) electrons. The highest BCUT2D eigenvalue weighted by Crippen LogP contribution is 2.28. The van der Waals surface area contributed by atoms with E-state index in [1.165, 1.54) is 0 Å². The molecule has 1 heterocycles. The number of nitrogens with zero attached hydrogens (tertiary/aromatic N) is 1. The lowest BCUT2D eigenvalue weighted by Gasteiger charge is -2.21. The zero-order valence-electron chi connectivity index (χ0n) is 7.49. The van der Waals surface area contributed by atoms with Gasteiger partial charge in [0.1, 0.15) is 0 Å². The number of carboxylic acid groups (broad SMARTS) is 1. The third-order valence-corrected chi connectivity index (χ3v) is 3.52. The summed E-state index contributed by atoms with van der Waals surface area (Å²) in [5, 5.41) is 9.25. The highest BCUT2D eigenvalue weighted by molar-refractivity contribution is 8.00. The number of aliphatic carboxylic acids is 1. The van der Waals surface area contributed by atoms with Crippen LogP contribution in [0.5, 0.6) is 0 Å². The van der Waals surface area contributed by atoms with Gasteiger partial charge in [0.25, 0.3) is 0 Å². The number of rotatable bonds is 3. The van der Waals surface area contributed by atoms with Crippen molar-refractivity contribution in [2.24, 2.45) is 0 Å². The third-order valence-electron chi connectivity index (χ3n) is 2.19. The van der Waals surface area contributed by atoms with Gasteiger partial charge in [-0.25, -0.2) is 0 Å². The first-order chi connectivity index (χ1) is 5.59. The Morgan fingerprint density at radius 3 is 2.83 bits per heavy atom. The lowest BCUT2D eigenvalue weighted by atomic mass is 10.2. The number of likely N-dealkylation sites (N-methyl/N-ethyl adjacent to an activating group) is 1. The predicted molar refractivity (Wildman–Crippen MR) is 50.6 cm³/mol. The van der Waals surface area contributed by atoms with Crippen LogP contribution in [0.15, 0.2) is 0 Å². The minimum absolute atomic E-state index is 0.165. The van der Waals surface area contributed by atoms with Gasteiger partial charge in [0.15, 0.2) is 0 Å². The van der Waals surface area contributed by atoms with E-state index in [0.29, 0.717) is 11.3 Å². The van der Waals surface area contributed by atoms with E-state index in [1.54, 1.807) is 0 Å². The Morgan fingerprint density at radius 2 is 2.42 bits per heavy atom. The molecule has 2 atom stereocenters. The molecule has 0 spiro atoms. The molecular formula is C8H15NO2S. The van der Waals surface area contributed by atoms with Crippen LogP contribution in [-0.4, -0.2) is 46.6 Å². The maximum absolute atomic E-state index is 10.4. The van der Waals surface area contributed by atoms with Gasteiger partial charge in [-0.1, -0.05) is 6.92 Å². The summed E-state index contributed by atoms with van der Waals surface area (Å²) in [5.41, 5.74) is 0. The maximum atomic E-state index is 10.4. The number of carboxylic acids is 1. The van der Waals surface area contributed by atoms with E-state index in [2.05, 4.69) is 6.92 Å². The van der Waals surface area contributed by atoms with Crippen LogP contribution in [0, 0.1) is 0 Å². The summed E-state index contributed by atoms with van der Waals surface area (Å²) >= 11 is 1.93. The van der Waals surface area contributed by atoms with Crippen LogP contribution < -0.4 is 0 Å². The van der Waals surface area contributed by atoms with E-state index in [9.17, 15) is 4.79 Å². The Labute approximate surface area is 77.1 Å². The summed E-state index contributed by atoms with van der Waals surface area (Å²) in [5.74, 6) is 0.340. The lowest BCUT2D eigenvalue weighted by molar-refractivity contribution is -0.138. The van der Waals surface area contributed by atoms with Gasteiger partial charge in [0.2, 0.25) is 0 Å². The van der Waals surface area contributed by atoms with E-state index >= 15 is 0 Å². The zero-order chi connectivity index (χ0) is 9.14. The van der Waals surface area contributed by atoms with Crippen molar-refractivity contribution in [3.63, 3.8) is 0 Å². The van der Waals surface area contributed by atoms with Crippen molar-refractivity contribution in [1.29, 1.82) is 0 Å². The molecule has 3 nitrogen and oxygen atoms in total. The maximum Gasteiger partial charge on any atom is 0.317 e. The molecule has 0 amide bonds. The summed E-state index contributed by atoms with van der Waals surface area (Å²) < 4.78 is 0. The van der Waals surface area contributed by atoms with Crippen molar-refractivity contribution < 1.29 is 9.90 Å². The molecule has 2 unspecified atom stereocenters. The van der Waals surface area contributed by atoms with Crippen molar-refractivity contribution in [2.75, 3.05) is 19.3 Å². The molecule has 0 aromatic heterocycles.